The van der Waals surface area contributed by atoms with E-state index in [9.17, 15) is 4.79 Å². The Morgan fingerprint density at radius 2 is 2.21 bits per heavy atom. The van der Waals surface area contributed by atoms with Gasteiger partial charge in [0.1, 0.15) is 0 Å². The van der Waals surface area contributed by atoms with E-state index in [0.29, 0.717) is 5.82 Å². The molecule has 0 unspecified atom stereocenters. The number of amides is 1. The number of aromatic amines is 1. The number of hydrogen-bond acceptors (Lipinski definition) is 3. The Morgan fingerprint density at radius 1 is 1.57 bits per heavy atom. The number of aromatic nitrogens is 2. The highest BCUT2D eigenvalue weighted by Crippen LogP contribution is 2.33. The molecule has 0 aliphatic heterocycles. The first-order chi connectivity index (χ1) is 6.53. The van der Waals surface area contributed by atoms with Gasteiger partial charge in [-0.25, -0.2) is 0 Å². The zero-order chi connectivity index (χ0) is 10.3. The average molecular weight is 194 g/mol. The summed E-state index contributed by atoms with van der Waals surface area (Å²) in [4.78, 5) is 11.6. The minimum atomic E-state index is -0.640. The molecular weight excluding hydrogens is 180 g/mol. The molecule has 0 radical (unpaired) electrons. The van der Waals surface area contributed by atoms with E-state index in [1.807, 2.05) is 13.8 Å². The maximum absolute atomic E-state index is 11.6. The summed E-state index contributed by atoms with van der Waals surface area (Å²) >= 11 is 0. The molecule has 0 saturated heterocycles. The molecule has 1 saturated carbocycles. The summed E-state index contributed by atoms with van der Waals surface area (Å²) in [6.07, 6.45) is 1.53. The molecule has 1 aromatic rings. The van der Waals surface area contributed by atoms with Gasteiger partial charge in [0, 0.05) is 11.3 Å². The largest absolute Gasteiger partial charge is 0.317 e. The first kappa shape index (κ1) is 9.21. The summed E-state index contributed by atoms with van der Waals surface area (Å²) in [6, 6.07) is 0. The zero-order valence-electron chi connectivity index (χ0n) is 8.35. The van der Waals surface area contributed by atoms with Gasteiger partial charge < -0.3 is 11.1 Å². The number of aryl methyl sites for hydroxylation is 1. The van der Waals surface area contributed by atoms with Crippen LogP contribution < -0.4 is 11.1 Å². The van der Waals surface area contributed by atoms with Crippen LogP contribution in [0.2, 0.25) is 0 Å². The van der Waals surface area contributed by atoms with Crippen LogP contribution in [0.1, 0.15) is 24.1 Å². The van der Waals surface area contributed by atoms with Gasteiger partial charge in [-0.05, 0) is 26.7 Å². The molecule has 1 amide bonds. The van der Waals surface area contributed by atoms with Gasteiger partial charge in [-0.1, -0.05) is 0 Å². The molecule has 1 aliphatic carbocycles. The third kappa shape index (κ3) is 1.39. The number of nitrogens with one attached hydrogen (secondary N) is 2. The molecule has 1 heterocycles. The molecule has 14 heavy (non-hydrogen) atoms. The molecule has 0 bridgehead atoms. The van der Waals surface area contributed by atoms with Crippen LogP contribution in [0.5, 0.6) is 0 Å². The van der Waals surface area contributed by atoms with E-state index < -0.39 is 5.54 Å². The highest BCUT2D eigenvalue weighted by atomic mass is 16.2. The van der Waals surface area contributed by atoms with Crippen LogP contribution in [-0.2, 0) is 4.79 Å². The molecule has 0 atom stereocenters. The van der Waals surface area contributed by atoms with Crippen LogP contribution in [0.15, 0.2) is 0 Å². The highest BCUT2D eigenvalue weighted by Gasteiger charge is 2.46. The minimum absolute atomic E-state index is 0.132. The molecule has 2 rings (SSSR count). The Balaban J connectivity index is 2.11. The van der Waals surface area contributed by atoms with Crippen LogP contribution in [0.4, 0.5) is 5.82 Å². The van der Waals surface area contributed by atoms with Gasteiger partial charge in [-0.15, -0.1) is 0 Å². The van der Waals surface area contributed by atoms with Gasteiger partial charge in [0.25, 0.3) is 0 Å². The van der Waals surface area contributed by atoms with Crippen molar-refractivity contribution < 1.29 is 4.79 Å². The van der Waals surface area contributed by atoms with Crippen molar-refractivity contribution in [1.82, 2.24) is 10.2 Å². The van der Waals surface area contributed by atoms with Crippen molar-refractivity contribution >= 4 is 11.7 Å². The third-order valence-electron chi connectivity index (χ3n) is 2.73. The molecule has 0 aromatic carbocycles. The third-order valence-corrected chi connectivity index (χ3v) is 2.73. The lowest BCUT2D eigenvalue weighted by atomic mass is 10.2. The van der Waals surface area contributed by atoms with Gasteiger partial charge in [0.2, 0.25) is 5.91 Å². The molecule has 76 valence electrons. The summed E-state index contributed by atoms with van der Waals surface area (Å²) in [5.41, 5.74) is 7.03. The summed E-state index contributed by atoms with van der Waals surface area (Å²) in [5, 5.41) is 9.52. The van der Waals surface area contributed by atoms with E-state index >= 15 is 0 Å². The van der Waals surface area contributed by atoms with Gasteiger partial charge in [-0.3, -0.25) is 9.89 Å². The molecule has 1 fully saturated rings. The van der Waals surface area contributed by atoms with Crippen LogP contribution in [0.25, 0.3) is 0 Å². The average Bonchev–Trinajstić information content (AvgIpc) is 2.83. The first-order valence-corrected chi connectivity index (χ1v) is 4.65. The monoisotopic (exact) mass is 194 g/mol. The number of H-pyrrole nitrogens is 1. The van der Waals surface area contributed by atoms with Crippen molar-refractivity contribution in [3.8, 4) is 0 Å². The van der Waals surface area contributed by atoms with Crippen LogP contribution in [0, 0.1) is 13.8 Å². The number of nitrogens with zero attached hydrogens (tertiary/aromatic N) is 1. The summed E-state index contributed by atoms with van der Waals surface area (Å²) in [7, 11) is 0. The Morgan fingerprint density at radius 3 is 2.64 bits per heavy atom. The first-order valence-electron chi connectivity index (χ1n) is 4.65. The number of nitrogens with two attached hydrogens (primary N) is 1. The van der Waals surface area contributed by atoms with Crippen molar-refractivity contribution in [3.05, 3.63) is 11.3 Å². The maximum atomic E-state index is 11.6. The predicted molar refractivity (Wildman–Crippen MR) is 52.8 cm³/mol. The summed E-state index contributed by atoms with van der Waals surface area (Å²) in [5.74, 6) is 0.455. The smallest absolute Gasteiger partial charge is 0.245 e. The molecule has 5 heteroatoms. The zero-order valence-corrected chi connectivity index (χ0v) is 8.35. The molecule has 0 spiro atoms. The van der Waals surface area contributed by atoms with Crippen LogP contribution >= 0.6 is 0 Å². The molecule has 5 nitrogen and oxygen atoms in total. The van der Waals surface area contributed by atoms with Gasteiger partial charge in [0.15, 0.2) is 5.82 Å². The lowest BCUT2D eigenvalue weighted by Gasteiger charge is -2.07. The SMILES string of the molecule is Cc1[nH]nc(NC(=O)C2(N)CC2)c1C. The quantitative estimate of drug-likeness (QED) is 0.639. The highest BCUT2D eigenvalue weighted by molar-refractivity contribution is 5.99. The standard InChI is InChI=1S/C9H14N4O/c1-5-6(2)12-13-7(5)11-8(14)9(10)3-4-9/h3-4,10H2,1-2H3,(H2,11,12,13,14). The second-order valence-corrected chi connectivity index (χ2v) is 3.93. The number of carbonyl (C=O) groups excluding carboxylic acids is 1. The lowest BCUT2D eigenvalue weighted by Crippen LogP contribution is -2.38. The van der Waals surface area contributed by atoms with E-state index in [1.54, 1.807) is 0 Å². The van der Waals surface area contributed by atoms with Gasteiger partial charge in [0.05, 0.1) is 5.54 Å². The van der Waals surface area contributed by atoms with Gasteiger partial charge >= 0.3 is 0 Å². The van der Waals surface area contributed by atoms with E-state index in [4.69, 9.17) is 5.73 Å². The van der Waals surface area contributed by atoms with Crippen LogP contribution in [0.3, 0.4) is 0 Å². The van der Waals surface area contributed by atoms with Crippen molar-refractivity contribution in [2.24, 2.45) is 5.73 Å². The molecular formula is C9H14N4O. The van der Waals surface area contributed by atoms with Crippen molar-refractivity contribution in [2.75, 3.05) is 5.32 Å². The van der Waals surface area contributed by atoms with E-state index in [-0.39, 0.29) is 5.91 Å². The Hall–Kier alpha value is -1.36. The fraction of sp³-hybridized carbons (Fsp3) is 0.556. The second-order valence-electron chi connectivity index (χ2n) is 3.93. The normalized spacial score (nSPS) is 17.9. The maximum Gasteiger partial charge on any atom is 0.245 e. The topological polar surface area (TPSA) is 83.8 Å². The van der Waals surface area contributed by atoms with Crippen molar-refractivity contribution in [1.29, 1.82) is 0 Å². The van der Waals surface area contributed by atoms with E-state index in [2.05, 4.69) is 15.5 Å². The fourth-order valence-corrected chi connectivity index (χ4v) is 1.20. The molecule has 1 aliphatic rings. The van der Waals surface area contributed by atoms with E-state index in [1.165, 1.54) is 0 Å². The number of anilines is 1. The Labute approximate surface area is 82.1 Å². The van der Waals surface area contributed by atoms with Crippen molar-refractivity contribution in [3.63, 3.8) is 0 Å². The minimum Gasteiger partial charge on any atom is -0.317 e. The fourth-order valence-electron chi connectivity index (χ4n) is 1.20. The summed E-state index contributed by atoms with van der Waals surface area (Å²) < 4.78 is 0. The molecule has 4 N–H and O–H groups in total. The van der Waals surface area contributed by atoms with Crippen LogP contribution in [-0.4, -0.2) is 21.6 Å². The van der Waals surface area contributed by atoms with E-state index in [0.717, 1.165) is 24.1 Å². The Bertz CT molecular complexity index is 378. The molecule has 1 aromatic heterocycles. The Kier molecular flexibility index (Phi) is 1.85. The number of hydrogen-bond donors (Lipinski definition) is 3. The number of rotatable bonds is 2. The van der Waals surface area contributed by atoms with Gasteiger partial charge in [-0.2, -0.15) is 5.10 Å². The van der Waals surface area contributed by atoms with Crippen molar-refractivity contribution in [2.45, 2.75) is 32.2 Å². The predicted octanol–water partition coefficient (Wildman–Crippen LogP) is 0.456. The summed E-state index contributed by atoms with van der Waals surface area (Å²) in [6.45, 7) is 3.82. The lowest BCUT2D eigenvalue weighted by molar-refractivity contribution is -0.118. The second kappa shape index (κ2) is 2.81. The number of carbonyl (C=O) groups is 1.